The van der Waals surface area contributed by atoms with Gasteiger partial charge in [-0.15, -0.1) is 11.3 Å². The van der Waals surface area contributed by atoms with Crippen LogP contribution < -0.4 is 0 Å². The molecule has 2 heterocycles. The molecule has 1 unspecified atom stereocenters. The van der Waals surface area contributed by atoms with Gasteiger partial charge in [-0.3, -0.25) is 4.79 Å². The molecule has 7 heteroatoms. The molecule has 2 amide bonds. The number of likely N-dealkylation sites (tertiary alicyclic amines) is 1. The van der Waals surface area contributed by atoms with Crippen LogP contribution in [0.1, 0.15) is 24.1 Å². The molecule has 0 radical (unpaired) electrons. The molecule has 0 spiro atoms. The lowest BCUT2D eigenvalue weighted by atomic mass is 10.1. The van der Waals surface area contributed by atoms with E-state index < -0.39 is 5.97 Å². The molecule has 1 atom stereocenters. The Morgan fingerprint density at radius 2 is 2.35 bits per heavy atom. The van der Waals surface area contributed by atoms with Crippen LogP contribution in [0.2, 0.25) is 0 Å². The molecule has 20 heavy (non-hydrogen) atoms. The van der Waals surface area contributed by atoms with Crippen molar-refractivity contribution in [2.24, 2.45) is 0 Å². The van der Waals surface area contributed by atoms with Crippen LogP contribution >= 0.6 is 27.3 Å². The zero-order valence-electron chi connectivity index (χ0n) is 11.2. The summed E-state index contributed by atoms with van der Waals surface area (Å²) in [5.41, 5.74) is 0. The Hall–Kier alpha value is -1.08. The quantitative estimate of drug-likeness (QED) is 0.897. The largest absolute Gasteiger partial charge is 0.481 e. The summed E-state index contributed by atoms with van der Waals surface area (Å²) < 4.78 is 1.02. The summed E-state index contributed by atoms with van der Waals surface area (Å²) in [6, 6.07) is 1.74. The minimum Gasteiger partial charge on any atom is -0.481 e. The average Bonchev–Trinajstić information content (AvgIpc) is 2.97. The van der Waals surface area contributed by atoms with E-state index in [9.17, 15) is 9.59 Å². The van der Waals surface area contributed by atoms with Gasteiger partial charge in [-0.2, -0.15) is 0 Å². The molecule has 0 aromatic carbocycles. The van der Waals surface area contributed by atoms with Crippen LogP contribution in [0, 0.1) is 0 Å². The van der Waals surface area contributed by atoms with Gasteiger partial charge in [-0.25, -0.2) is 4.79 Å². The number of nitrogens with zero attached hydrogens (tertiary/aromatic N) is 2. The zero-order chi connectivity index (χ0) is 14.7. The van der Waals surface area contributed by atoms with Crippen LogP contribution in [0.25, 0.3) is 0 Å². The van der Waals surface area contributed by atoms with Crippen molar-refractivity contribution >= 4 is 39.3 Å². The lowest BCUT2D eigenvalue weighted by molar-refractivity contribution is -0.138. The van der Waals surface area contributed by atoms with Crippen molar-refractivity contribution in [1.29, 1.82) is 0 Å². The molecule has 0 bridgehead atoms. The molecule has 1 N–H and O–H groups in total. The molecule has 0 saturated carbocycles. The van der Waals surface area contributed by atoms with E-state index in [4.69, 9.17) is 5.11 Å². The van der Waals surface area contributed by atoms with Crippen LogP contribution in [-0.2, 0) is 11.3 Å². The summed E-state index contributed by atoms with van der Waals surface area (Å²) in [6.45, 7) is 1.20. The van der Waals surface area contributed by atoms with Crippen molar-refractivity contribution in [2.75, 3.05) is 13.6 Å². The van der Waals surface area contributed by atoms with Crippen LogP contribution in [0.4, 0.5) is 4.79 Å². The molecule has 1 saturated heterocycles. The monoisotopic (exact) mass is 360 g/mol. The fraction of sp³-hybridized carbons (Fsp3) is 0.538. The molecular formula is C13H17BrN2O3S. The summed E-state index contributed by atoms with van der Waals surface area (Å²) in [4.78, 5) is 27.7. The van der Waals surface area contributed by atoms with E-state index in [1.807, 2.05) is 11.4 Å². The first-order chi connectivity index (χ1) is 9.47. The van der Waals surface area contributed by atoms with Gasteiger partial charge in [0.05, 0.1) is 13.0 Å². The van der Waals surface area contributed by atoms with E-state index in [1.165, 1.54) is 0 Å². The molecular weight excluding hydrogens is 344 g/mol. The number of hydrogen-bond donors (Lipinski definition) is 1. The van der Waals surface area contributed by atoms with Crippen molar-refractivity contribution in [2.45, 2.75) is 31.8 Å². The molecule has 1 aromatic heterocycles. The first kappa shape index (κ1) is 15.3. The van der Waals surface area contributed by atoms with Crippen LogP contribution in [0.5, 0.6) is 0 Å². The number of amides is 2. The van der Waals surface area contributed by atoms with E-state index in [-0.39, 0.29) is 18.5 Å². The van der Waals surface area contributed by atoms with Gasteiger partial charge in [0.2, 0.25) is 0 Å². The number of halogens is 1. The van der Waals surface area contributed by atoms with Crippen molar-refractivity contribution in [1.82, 2.24) is 9.80 Å². The average molecular weight is 361 g/mol. The van der Waals surface area contributed by atoms with Crippen LogP contribution in [-0.4, -0.2) is 46.5 Å². The van der Waals surface area contributed by atoms with Crippen molar-refractivity contribution in [3.8, 4) is 0 Å². The number of aliphatic carboxylic acids is 1. The van der Waals surface area contributed by atoms with Gasteiger partial charge in [-0.1, -0.05) is 0 Å². The Labute approximate surface area is 130 Å². The van der Waals surface area contributed by atoms with Gasteiger partial charge >= 0.3 is 12.0 Å². The highest BCUT2D eigenvalue weighted by Crippen LogP contribution is 2.24. The Bertz CT molecular complexity index is 506. The summed E-state index contributed by atoms with van der Waals surface area (Å²) in [5, 5.41) is 10.9. The molecule has 1 aliphatic rings. The van der Waals surface area contributed by atoms with Gasteiger partial charge in [-0.05, 0) is 34.8 Å². The molecule has 110 valence electrons. The highest BCUT2D eigenvalue weighted by molar-refractivity contribution is 9.10. The van der Waals surface area contributed by atoms with Gasteiger partial charge < -0.3 is 14.9 Å². The lowest BCUT2D eigenvalue weighted by Crippen LogP contribution is -2.44. The fourth-order valence-corrected chi connectivity index (χ4v) is 3.96. The topological polar surface area (TPSA) is 60.9 Å². The lowest BCUT2D eigenvalue weighted by Gasteiger charge is -2.28. The maximum Gasteiger partial charge on any atom is 0.320 e. The van der Waals surface area contributed by atoms with E-state index in [2.05, 4.69) is 15.9 Å². The minimum absolute atomic E-state index is 0.0319. The van der Waals surface area contributed by atoms with E-state index >= 15 is 0 Å². The van der Waals surface area contributed by atoms with Gasteiger partial charge in [0, 0.05) is 34.4 Å². The van der Waals surface area contributed by atoms with Gasteiger partial charge in [0.1, 0.15) is 0 Å². The molecule has 1 aliphatic heterocycles. The molecule has 1 aromatic rings. The Balaban J connectivity index is 1.97. The number of urea groups is 1. The molecule has 1 fully saturated rings. The smallest absolute Gasteiger partial charge is 0.320 e. The highest BCUT2D eigenvalue weighted by atomic mass is 79.9. The minimum atomic E-state index is -0.848. The number of hydrogen-bond acceptors (Lipinski definition) is 3. The molecule has 0 aliphatic carbocycles. The Morgan fingerprint density at radius 1 is 1.60 bits per heavy atom. The molecule has 2 rings (SSSR count). The third-order valence-corrected chi connectivity index (χ3v) is 5.06. The van der Waals surface area contributed by atoms with E-state index in [0.717, 1.165) is 22.2 Å². The summed E-state index contributed by atoms with van der Waals surface area (Å²) in [7, 11) is 1.76. The van der Waals surface area contributed by atoms with Crippen molar-refractivity contribution in [3.63, 3.8) is 0 Å². The second-order valence-corrected chi connectivity index (χ2v) is 6.87. The molecule has 5 nitrogen and oxygen atoms in total. The normalized spacial score (nSPS) is 18.3. The van der Waals surface area contributed by atoms with Gasteiger partial charge in [0.25, 0.3) is 0 Å². The number of carbonyl (C=O) groups is 2. The van der Waals surface area contributed by atoms with E-state index in [0.29, 0.717) is 13.1 Å². The number of rotatable bonds is 4. The first-order valence-electron chi connectivity index (χ1n) is 6.44. The summed E-state index contributed by atoms with van der Waals surface area (Å²) in [6.07, 6.45) is 1.68. The van der Waals surface area contributed by atoms with E-state index in [1.54, 1.807) is 28.2 Å². The maximum absolute atomic E-state index is 12.4. The van der Waals surface area contributed by atoms with Crippen molar-refractivity contribution < 1.29 is 14.7 Å². The summed E-state index contributed by atoms with van der Waals surface area (Å²) >= 11 is 4.99. The second kappa shape index (κ2) is 6.58. The number of carboxylic acid groups (broad SMARTS) is 1. The standard InChI is InChI=1S/C13H17BrN2O3S/c1-15(7-11-5-9(14)8-20-11)13(19)16-4-2-3-10(16)6-12(17)18/h5,8,10H,2-4,6-7H2,1H3,(H,17,18). The zero-order valence-corrected chi connectivity index (χ0v) is 13.6. The van der Waals surface area contributed by atoms with Crippen LogP contribution in [0.3, 0.4) is 0 Å². The Morgan fingerprint density at radius 3 is 2.95 bits per heavy atom. The SMILES string of the molecule is CN(Cc1cc(Br)cs1)C(=O)N1CCCC1CC(=O)O. The van der Waals surface area contributed by atoms with Crippen LogP contribution in [0.15, 0.2) is 15.9 Å². The maximum atomic E-state index is 12.4. The predicted molar refractivity (Wildman–Crippen MR) is 80.9 cm³/mol. The third kappa shape index (κ3) is 3.73. The fourth-order valence-electron chi connectivity index (χ4n) is 2.46. The Kier molecular flexibility index (Phi) is 5.04. The second-order valence-electron chi connectivity index (χ2n) is 4.96. The number of carbonyl (C=O) groups excluding carboxylic acids is 1. The number of carboxylic acids is 1. The predicted octanol–water partition coefficient (Wildman–Crippen LogP) is 3.00. The van der Waals surface area contributed by atoms with Crippen molar-refractivity contribution in [3.05, 3.63) is 20.8 Å². The first-order valence-corrected chi connectivity index (χ1v) is 8.11. The third-order valence-electron chi connectivity index (χ3n) is 3.37. The summed E-state index contributed by atoms with van der Waals surface area (Å²) in [5.74, 6) is -0.848. The van der Waals surface area contributed by atoms with Gasteiger partial charge in [0.15, 0.2) is 0 Å². The number of thiophene rings is 1. The highest BCUT2D eigenvalue weighted by Gasteiger charge is 2.32.